The van der Waals surface area contributed by atoms with Crippen molar-refractivity contribution in [1.82, 2.24) is 5.32 Å². The number of halogens is 1. The molecule has 1 heterocycles. The van der Waals surface area contributed by atoms with Crippen LogP contribution in [0.5, 0.6) is 0 Å². The number of guanidine groups is 1. The minimum Gasteiger partial charge on any atom is -0.354 e. The van der Waals surface area contributed by atoms with E-state index in [4.69, 9.17) is 11.6 Å². The predicted octanol–water partition coefficient (Wildman–Crippen LogP) is 3.52. The monoisotopic (exact) mass is 283 g/mol. The van der Waals surface area contributed by atoms with Crippen molar-refractivity contribution in [2.24, 2.45) is 4.99 Å². The topological polar surface area (TPSA) is 36.4 Å². The van der Waals surface area contributed by atoms with E-state index in [-0.39, 0.29) is 0 Å². The molecule has 1 aromatic rings. The van der Waals surface area contributed by atoms with Gasteiger partial charge in [0.05, 0.1) is 6.54 Å². The number of aliphatic imine (C=N–C) groups is 1. The van der Waals surface area contributed by atoms with Crippen LogP contribution in [0.1, 0.15) is 18.9 Å². The van der Waals surface area contributed by atoms with E-state index in [0.717, 1.165) is 41.9 Å². The summed E-state index contributed by atoms with van der Waals surface area (Å²) in [7, 11) is 0. The number of nitrogens with one attached hydrogen (secondary N) is 2. The van der Waals surface area contributed by atoms with Gasteiger partial charge in [0, 0.05) is 22.2 Å². The summed E-state index contributed by atoms with van der Waals surface area (Å²) in [6, 6.07) is 3.99. The van der Waals surface area contributed by atoms with Crippen molar-refractivity contribution in [1.29, 1.82) is 0 Å². The molecule has 2 rings (SSSR count). The lowest BCUT2D eigenvalue weighted by Crippen LogP contribution is -2.26. The fraction of sp³-hybridized carbons (Fsp3) is 0.462. The molecule has 1 aliphatic rings. The van der Waals surface area contributed by atoms with Crippen molar-refractivity contribution in [2.45, 2.75) is 25.2 Å². The molecule has 1 aromatic carbocycles. The lowest BCUT2D eigenvalue weighted by atomic mass is 10.2. The number of anilines is 1. The van der Waals surface area contributed by atoms with Gasteiger partial charge in [-0.05, 0) is 36.8 Å². The third kappa shape index (κ3) is 3.33. The molecule has 2 N–H and O–H groups in total. The summed E-state index contributed by atoms with van der Waals surface area (Å²) in [5, 5.41) is 7.28. The molecule has 0 aromatic heterocycles. The first-order valence-corrected chi connectivity index (χ1v) is 7.55. The summed E-state index contributed by atoms with van der Waals surface area (Å²) in [4.78, 5) is 5.58. The summed E-state index contributed by atoms with van der Waals surface area (Å²) in [6.07, 6.45) is 1.16. The molecule has 0 bridgehead atoms. The van der Waals surface area contributed by atoms with Crippen LogP contribution in [0.3, 0.4) is 0 Å². The van der Waals surface area contributed by atoms with E-state index in [1.165, 1.54) is 10.5 Å². The Kier molecular flexibility index (Phi) is 4.78. The number of nitrogens with zero attached hydrogens (tertiary/aromatic N) is 1. The maximum absolute atomic E-state index is 6.17. The number of hydrogen-bond donors (Lipinski definition) is 2. The van der Waals surface area contributed by atoms with Gasteiger partial charge >= 0.3 is 0 Å². The minimum absolute atomic E-state index is 0.764. The van der Waals surface area contributed by atoms with E-state index >= 15 is 0 Å². The summed E-state index contributed by atoms with van der Waals surface area (Å²) in [5.41, 5.74) is 2.27. The van der Waals surface area contributed by atoms with E-state index in [0.29, 0.717) is 0 Å². The average Bonchev–Trinajstić information content (AvgIpc) is 2.84. The zero-order valence-electron chi connectivity index (χ0n) is 10.7. The SMILES string of the molecule is CCCSc1cc(Cl)cc(NC2=NCCN2)c1C. The van der Waals surface area contributed by atoms with Crippen LogP contribution in [0.4, 0.5) is 5.69 Å². The molecule has 1 aliphatic heterocycles. The predicted molar refractivity (Wildman–Crippen MR) is 81.1 cm³/mol. The highest BCUT2D eigenvalue weighted by Gasteiger charge is 2.10. The highest BCUT2D eigenvalue weighted by atomic mass is 35.5. The Balaban J connectivity index is 2.20. The second-order valence-corrected chi connectivity index (χ2v) is 5.78. The molecular formula is C13H18ClN3S. The number of hydrogen-bond acceptors (Lipinski definition) is 4. The highest BCUT2D eigenvalue weighted by molar-refractivity contribution is 7.99. The van der Waals surface area contributed by atoms with Crippen molar-refractivity contribution in [3.8, 4) is 0 Å². The summed E-state index contributed by atoms with van der Waals surface area (Å²) in [5.74, 6) is 1.95. The summed E-state index contributed by atoms with van der Waals surface area (Å²) < 4.78 is 0. The van der Waals surface area contributed by atoms with Crippen molar-refractivity contribution in [3.63, 3.8) is 0 Å². The average molecular weight is 284 g/mol. The van der Waals surface area contributed by atoms with Crippen LogP contribution in [-0.2, 0) is 0 Å². The lowest BCUT2D eigenvalue weighted by molar-refractivity contribution is 0.959. The van der Waals surface area contributed by atoms with Gasteiger partial charge in [0.25, 0.3) is 0 Å². The van der Waals surface area contributed by atoms with E-state index in [2.05, 4.69) is 29.5 Å². The Labute approximate surface area is 117 Å². The van der Waals surface area contributed by atoms with Gasteiger partial charge in [-0.3, -0.25) is 4.99 Å². The van der Waals surface area contributed by atoms with Gasteiger partial charge < -0.3 is 10.6 Å². The first-order valence-electron chi connectivity index (χ1n) is 6.19. The molecule has 0 atom stereocenters. The van der Waals surface area contributed by atoms with E-state index in [1.54, 1.807) is 0 Å². The molecule has 0 fully saturated rings. The summed E-state index contributed by atoms with van der Waals surface area (Å²) in [6.45, 7) is 6.04. The van der Waals surface area contributed by atoms with Crippen LogP contribution in [0.2, 0.25) is 5.02 Å². The quantitative estimate of drug-likeness (QED) is 0.830. The second-order valence-electron chi connectivity index (χ2n) is 4.21. The van der Waals surface area contributed by atoms with E-state index in [9.17, 15) is 0 Å². The smallest absolute Gasteiger partial charge is 0.195 e. The van der Waals surface area contributed by atoms with Crippen LogP contribution in [0, 0.1) is 6.92 Å². The molecule has 18 heavy (non-hydrogen) atoms. The fourth-order valence-corrected chi connectivity index (χ4v) is 3.00. The minimum atomic E-state index is 0.764. The zero-order valence-corrected chi connectivity index (χ0v) is 12.3. The Morgan fingerprint density at radius 3 is 3.00 bits per heavy atom. The van der Waals surface area contributed by atoms with Crippen LogP contribution < -0.4 is 10.6 Å². The Hall–Kier alpha value is -0.870. The molecule has 98 valence electrons. The van der Waals surface area contributed by atoms with Crippen molar-refractivity contribution < 1.29 is 0 Å². The van der Waals surface area contributed by atoms with Crippen molar-refractivity contribution in [2.75, 3.05) is 24.2 Å². The third-order valence-electron chi connectivity index (χ3n) is 2.71. The molecule has 0 saturated heterocycles. The number of benzene rings is 1. The second kappa shape index (κ2) is 6.34. The zero-order chi connectivity index (χ0) is 13.0. The first-order chi connectivity index (χ1) is 8.70. The molecule has 0 aliphatic carbocycles. The molecule has 0 saturated carbocycles. The Morgan fingerprint density at radius 1 is 1.50 bits per heavy atom. The molecule has 0 spiro atoms. The lowest BCUT2D eigenvalue weighted by Gasteiger charge is -2.14. The van der Waals surface area contributed by atoms with Crippen LogP contribution >= 0.6 is 23.4 Å². The van der Waals surface area contributed by atoms with E-state index < -0.39 is 0 Å². The van der Waals surface area contributed by atoms with Crippen LogP contribution in [0.25, 0.3) is 0 Å². The van der Waals surface area contributed by atoms with Gasteiger partial charge in [-0.15, -0.1) is 11.8 Å². The Morgan fingerprint density at radius 2 is 2.33 bits per heavy atom. The van der Waals surface area contributed by atoms with Gasteiger partial charge in [0.2, 0.25) is 0 Å². The van der Waals surface area contributed by atoms with Crippen LogP contribution in [0.15, 0.2) is 22.0 Å². The molecule has 3 nitrogen and oxygen atoms in total. The molecule has 0 radical (unpaired) electrons. The molecule has 0 amide bonds. The normalized spacial score (nSPS) is 14.3. The summed E-state index contributed by atoms with van der Waals surface area (Å²) >= 11 is 8.02. The largest absolute Gasteiger partial charge is 0.354 e. The molecular weight excluding hydrogens is 266 g/mol. The fourth-order valence-electron chi connectivity index (χ4n) is 1.75. The first kappa shape index (κ1) is 13.6. The van der Waals surface area contributed by atoms with Crippen molar-refractivity contribution >= 4 is 35.0 Å². The van der Waals surface area contributed by atoms with E-state index in [1.807, 2.05) is 23.9 Å². The molecule has 5 heteroatoms. The maximum Gasteiger partial charge on any atom is 0.195 e. The van der Waals surface area contributed by atoms with Gasteiger partial charge in [-0.1, -0.05) is 18.5 Å². The van der Waals surface area contributed by atoms with Gasteiger partial charge in [0.15, 0.2) is 5.96 Å². The van der Waals surface area contributed by atoms with Crippen LogP contribution in [-0.4, -0.2) is 24.8 Å². The Bertz CT molecular complexity index is 460. The van der Waals surface area contributed by atoms with Gasteiger partial charge in [-0.2, -0.15) is 0 Å². The number of thioether (sulfide) groups is 1. The molecule has 0 unspecified atom stereocenters. The third-order valence-corrected chi connectivity index (χ3v) is 4.28. The van der Waals surface area contributed by atoms with Gasteiger partial charge in [0.1, 0.15) is 0 Å². The number of rotatable bonds is 4. The van der Waals surface area contributed by atoms with Crippen molar-refractivity contribution in [3.05, 3.63) is 22.7 Å². The standard InChI is InChI=1S/C13H18ClN3S/c1-3-6-18-12-8-10(14)7-11(9(12)2)17-13-15-4-5-16-13/h7-8H,3-6H2,1-2H3,(H2,15,16,17). The highest BCUT2D eigenvalue weighted by Crippen LogP contribution is 2.32. The van der Waals surface area contributed by atoms with Gasteiger partial charge in [-0.25, -0.2) is 0 Å². The maximum atomic E-state index is 6.17.